The summed E-state index contributed by atoms with van der Waals surface area (Å²) in [6.45, 7) is 0. The van der Waals surface area contributed by atoms with Crippen LogP contribution in [-0.2, 0) is 11.7 Å². The first kappa shape index (κ1) is 17.6. The zero-order valence-electron chi connectivity index (χ0n) is 12.9. The first-order valence-corrected chi connectivity index (χ1v) is 7.56. The second kappa shape index (κ2) is 6.23. The first-order valence-electron chi connectivity index (χ1n) is 7.56. The number of nitrogens with one attached hydrogen (secondary N) is 1. The number of nitrogens with zero attached hydrogens (tertiary/aromatic N) is 2. The Hall–Kier alpha value is -2.26. The quantitative estimate of drug-likeness (QED) is 0.579. The molecule has 0 amide bonds. The summed E-state index contributed by atoms with van der Waals surface area (Å²) < 4.78 is 52.4. The van der Waals surface area contributed by atoms with Crippen molar-refractivity contribution in [3.63, 3.8) is 0 Å². The van der Waals surface area contributed by atoms with Gasteiger partial charge in [0.2, 0.25) is 5.95 Å². The van der Waals surface area contributed by atoms with E-state index in [9.17, 15) is 17.6 Å². The molecule has 1 aromatic carbocycles. The molecular formula is C16H15F4N3O2. The molecule has 0 saturated heterocycles. The third-order valence-corrected chi connectivity index (χ3v) is 4.32. The van der Waals surface area contributed by atoms with E-state index in [-0.39, 0.29) is 5.95 Å². The van der Waals surface area contributed by atoms with E-state index in [0.29, 0.717) is 12.8 Å². The Morgan fingerprint density at radius 3 is 2.24 bits per heavy atom. The number of aliphatic hydroxyl groups is 2. The lowest BCUT2D eigenvalue weighted by atomic mass is 9.72. The summed E-state index contributed by atoms with van der Waals surface area (Å²) in [5.41, 5.74) is -2.17. The average molecular weight is 357 g/mol. The van der Waals surface area contributed by atoms with Crippen LogP contribution in [0.15, 0.2) is 30.5 Å². The van der Waals surface area contributed by atoms with Crippen LogP contribution in [0.1, 0.15) is 42.4 Å². The van der Waals surface area contributed by atoms with Crippen molar-refractivity contribution in [3.8, 4) is 0 Å². The molecule has 0 spiro atoms. The van der Waals surface area contributed by atoms with Gasteiger partial charge in [-0.3, -0.25) is 0 Å². The minimum atomic E-state index is -4.86. The van der Waals surface area contributed by atoms with E-state index in [2.05, 4.69) is 15.3 Å². The van der Waals surface area contributed by atoms with E-state index in [1.54, 1.807) is 12.1 Å². The Balaban J connectivity index is 1.95. The van der Waals surface area contributed by atoms with Crippen molar-refractivity contribution in [3.05, 3.63) is 53.1 Å². The fourth-order valence-corrected chi connectivity index (χ4v) is 2.87. The van der Waals surface area contributed by atoms with Crippen LogP contribution in [0, 0.1) is 5.82 Å². The number of halogens is 4. The van der Waals surface area contributed by atoms with Crippen molar-refractivity contribution in [2.75, 3.05) is 5.32 Å². The van der Waals surface area contributed by atoms with Gasteiger partial charge in [-0.1, -0.05) is 12.1 Å². The standard InChI is InChI=1S/C16H15F4N3O2/c17-10-4-2-9(3-5-10)15(6-1-7-15)23-14-21-8-11(13(24)25)12(22-14)16(18,19)20/h2-5,8,13,24-25H,1,6-7H2,(H,21,22,23). The molecule has 134 valence electrons. The SMILES string of the molecule is OC(O)c1cnc(NC2(c3ccc(F)cc3)CCC2)nc1C(F)(F)F. The van der Waals surface area contributed by atoms with Crippen LogP contribution in [-0.4, -0.2) is 20.2 Å². The molecule has 1 heterocycles. The summed E-state index contributed by atoms with van der Waals surface area (Å²) in [6, 6.07) is 5.70. The molecule has 0 unspecified atom stereocenters. The van der Waals surface area contributed by atoms with Gasteiger partial charge in [-0.25, -0.2) is 14.4 Å². The van der Waals surface area contributed by atoms with Crippen molar-refractivity contribution in [1.82, 2.24) is 9.97 Å². The summed E-state index contributed by atoms with van der Waals surface area (Å²) in [4.78, 5) is 7.20. The number of benzene rings is 1. The predicted molar refractivity (Wildman–Crippen MR) is 79.8 cm³/mol. The highest BCUT2D eigenvalue weighted by molar-refractivity contribution is 5.41. The molecule has 1 aliphatic carbocycles. The maximum Gasteiger partial charge on any atom is 0.434 e. The smallest absolute Gasteiger partial charge is 0.364 e. The molecule has 0 atom stereocenters. The highest BCUT2D eigenvalue weighted by Gasteiger charge is 2.41. The molecule has 1 saturated carbocycles. The van der Waals surface area contributed by atoms with Gasteiger partial charge in [0.25, 0.3) is 0 Å². The third kappa shape index (κ3) is 3.42. The van der Waals surface area contributed by atoms with Crippen molar-refractivity contribution >= 4 is 5.95 Å². The van der Waals surface area contributed by atoms with Gasteiger partial charge in [-0.05, 0) is 37.0 Å². The van der Waals surface area contributed by atoms with Gasteiger partial charge in [0, 0.05) is 6.20 Å². The van der Waals surface area contributed by atoms with Crippen molar-refractivity contribution < 1.29 is 27.8 Å². The minimum absolute atomic E-state index is 0.277. The van der Waals surface area contributed by atoms with E-state index < -0.39 is 35.1 Å². The van der Waals surface area contributed by atoms with Gasteiger partial charge in [0.05, 0.1) is 11.1 Å². The number of aliphatic hydroxyl groups excluding tert-OH is 1. The monoisotopic (exact) mass is 357 g/mol. The van der Waals surface area contributed by atoms with Crippen molar-refractivity contribution in [2.24, 2.45) is 0 Å². The molecular weight excluding hydrogens is 342 g/mol. The Bertz CT molecular complexity index is 759. The Kier molecular flexibility index (Phi) is 4.38. The summed E-state index contributed by atoms with van der Waals surface area (Å²) in [5, 5.41) is 21.0. The van der Waals surface area contributed by atoms with E-state index in [1.165, 1.54) is 12.1 Å². The molecule has 3 rings (SSSR count). The number of rotatable bonds is 4. The first-order chi connectivity index (χ1) is 11.7. The Morgan fingerprint density at radius 1 is 1.12 bits per heavy atom. The van der Waals surface area contributed by atoms with Gasteiger partial charge in [0.15, 0.2) is 12.0 Å². The molecule has 1 aliphatic rings. The van der Waals surface area contributed by atoms with Crippen LogP contribution in [0.4, 0.5) is 23.5 Å². The highest BCUT2D eigenvalue weighted by Crippen LogP contribution is 2.44. The van der Waals surface area contributed by atoms with Crippen LogP contribution < -0.4 is 5.32 Å². The number of alkyl halides is 3. The van der Waals surface area contributed by atoms with Gasteiger partial charge < -0.3 is 15.5 Å². The van der Waals surface area contributed by atoms with Gasteiger partial charge >= 0.3 is 6.18 Å². The molecule has 2 aromatic rings. The number of hydrogen-bond acceptors (Lipinski definition) is 5. The van der Waals surface area contributed by atoms with Crippen LogP contribution in [0.3, 0.4) is 0 Å². The lowest BCUT2D eigenvalue weighted by Gasteiger charge is -2.43. The van der Waals surface area contributed by atoms with Crippen LogP contribution >= 0.6 is 0 Å². The second-order valence-electron chi connectivity index (χ2n) is 5.94. The normalized spacial score (nSPS) is 16.6. The van der Waals surface area contributed by atoms with Crippen molar-refractivity contribution in [1.29, 1.82) is 0 Å². The molecule has 25 heavy (non-hydrogen) atoms. The zero-order valence-corrected chi connectivity index (χ0v) is 12.9. The summed E-state index contributed by atoms with van der Waals surface area (Å²) in [6.07, 6.45) is -4.34. The molecule has 1 fully saturated rings. The van der Waals surface area contributed by atoms with Gasteiger partial charge in [-0.15, -0.1) is 0 Å². The van der Waals surface area contributed by atoms with E-state index in [0.717, 1.165) is 18.2 Å². The molecule has 1 aromatic heterocycles. The van der Waals surface area contributed by atoms with Crippen LogP contribution in [0.25, 0.3) is 0 Å². The van der Waals surface area contributed by atoms with Crippen LogP contribution in [0.5, 0.6) is 0 Å². The predicted octanol–water partition coefficient (Wildman–Crippen LogP) is 3.11. The fourth-order valence-electron chi connectivity index (χ4n) is 2.87. The summed E-state index contributed by atoms with van der Waals surface area (Å²) >= 11 is 0. The molecule has 3 N–H and O–H groups in total. The summed E-state index contributed by atoms with van der Waals surface area (Å²) in [5.74, 6) is -0.684. The number of aromatic nitrogens is 2. The Morgan fingerprint density at radius 2 is 1.76 bits per heavy atom. The highest BCUT2D eigenvalue weighted by atomic mass is 19.4. The number of hydrogen-bond donors (Lipinski definition) is 3. The third-order valence-electron chi connectivity index (χ3n) is 4.32. The molecule has 5 nitrogen and oxygen atoms in total. The molecule has 0 aliphatic heterocycles. The summed E-state index contributed by atoms with van der Waals surface area (Å²) in [7, 11) is 0. The fraction of sp³-hybridized carbons (Fsp3) is 0.375. The molecule has 9 heteroatoms. The average Bonchev–Trinajstić information content (AvgIpc) is 2.51. The van der Waals surface area contributed by atoms with E-state index in [4.69, 9.17) is 10.2 Å². The number of anilines is 1. The second-order valence-corrected chi connectivity index (χ2v) is 5.94. The van der Waals surface area contributed by atoms with Gasteiger partial charge in [-0.2, -0.15) is 13.2 Å². The minimum Gasteiger partial charge on any atom is -0.364 e. The van der Waals surface area contributed by atoms with Gasteiger partial charge in [0.1, 0.15) is 5.82 Å². The Labute approximate surface area is 140 Å². The zero-order chi connectivity index (χ0) is 18.2. The van der Waals surface area contributed by atoms with E-state index in [1.807, 2.05) is 0 Å². The largest absolute Gasteiger partial charge is 0.434 e. The van der Waals surface area contributed by atoms with E-state index >= 15 is 0 Å². The van der Waals surface area contributed by atoms with Crippen molar-refractivity contribution in [2.45, 2.75) is 37.3 Å². The lowest BCUT2D eigenvalue weighted by molar-refractivity contribution is -0.146. The maximum absolute atomic E-state index is 13.1. The molecule has 0 bridgehead atoms. The maximum atomic E-state index is 13.1. The van der Waals surface area contributed by atoms with Crippen LogP contribution in [0.2, 0.25) is 0 Å². The topological polar surface area (TPSA) is 78.3 Å². The lowest BCUT2D eigenvalue weighted by Crippen LogP contribution is -2.42. The molecule has 0 radical (unpaired) electrons.